The zero-order valence-electron chi connectivity index (χ0n) is 11.0. The normalized spacial score (nSPS) is 40.1. The average molecular weight is 225 g/mol. The molecule has 2 aliphatic rings. The Hall–Kier alpha value is -0.120. The van der Waals surface area contributed by atoms with Crippen LogP contribution in [-0.4, -0.2) is 54.6 Å². The van der Waals surface area contributed by atoms with Gasteiger partial charge in [-0.15, -0.1) is 0 Å². The molecule has 0 aliphatic carbocycles. The second kappa shape index (κ2) is 5.03. The molecule has 2 fully saturated rings. The largest absolute Gasteiger partial charge is 0.328 e. The van der Waals surface area contributed by atoms with Crippen LogP contribution in [0.1, 0.15) is 33.1 Å². The molecule has 2 heterocycles. The first-order chi connectivity index (χ1) is 7.58. The number of rotatable bonds is 2. The van der Waals surface area contributed by atoms with Crippen LogP contribution in [0.4, 0.5) is 0 Å². The van der Waals surface area contributed by atoms with Gasteiger partial charge in [0.05, 0.1) is 0 Å². The average Bonchev–Trinajstić information content (AvgIpc) is 2.71. The molecule has 0 bridgehead atoms. The van der Waals surface area contributed by atoms with E-state index in [1.54, 1.807) is 0 Å². The molecule has 4 unspecified atom stereocenters. The third kappa shape index (κ3) is 2.58. The summed E-state index contributed by atoms with van der Waals surface area (Å²) < 4.78 is 0. The number of likely N-dealkylation sites (tertiary alicyclic amines) is 2. The van der Waals surface area contributed by atoms with E-state index in [1.165, 1.54) is 38.9 Å². The van der Waals surface area contributed by atoms with Gasteiger partial charge in [0.2, 0.25) is 0 Å². The highest BCUT2D eigenvalue weighted by Gasteiger charge is 2.33. The van der Waals surface area contributed by atoms with Gasteiger partial charge >= 0.3 is 0 Å². The lowest BCUT2D eigenvalue weighted by atomic mass is 9.97. The van der Waals surface area contributed by atoms with Crippen molar-refractivity contribution in [3.8, 4) is 0 Å². The number of hydrogen-bond acceptors (Lipinski definition) is 3. The molecule has 0 aromatic rings. The molecule has 2 rings (SSSR count). The monoisotopic (exact) mass is 225 g/mol. The summed E-state index contributed by atoms with van der Waals surface area (Å²) in [4.78, 5) is 5.17. The first-order valence-corrected chi connectivity index (χ1v) is 6.77. The van der Waals surface area contributed by atoms with Crippen molar-refractivity contribution >= 4 is 0 Å². The summed E-state index contributed by atoms with van der Waals surface area (Å²) in [5.74, 6) is 0.731. The van der Waals surface area contributed by atoms with E-state index in [2.05, 4.69) is 30.7 Å². The molecule has 3 nitrogen and oxygen atoms in total. The summed E-state index contributed by atoms with van der Waals surface area (Å²) >= 11 is 0. The highest BCUT2D eigenvalue weighted by atomic mass is 15.2. The second-order valence-electron chi connectivity index (χ2n) is 5.91. The molecule has 2 saturated heterocycles. The molecule has 2 aliphatic heterocycles. The van der Waals surface area contributed by atoms with Crippen LogP contribution in [0.3, 0.4) is 0 Å². The number of piperidine rings is 1. The molecule has 2 N–H and O–H groups in total. The fourth-order valence-corrected chi connectivity index (χ4v) is 3.17. The Kier molecular flexibility index (Phi) is 3.88. The van der Waals surface area contributed by atoms with Gasteiger partial charge in [0.25, 0.3) is 0 Å². The first-order valence-electron chi connectivity index (χ1n) is 6.77. The standard InChI is InChI=1S/C13H27N3/c1-10-8-13(5-6-15(10)3)16-7-4-12(9-16)11(2)14/h10-13H,4-9,14H2,1-3H3. The van der Waals surface area contributed by atoms with Crippen LogP contribution in [0.5, 0.6) is 0 Å². The van der Waals surface area contributed by atoms with Crippen molar-refractivity contribution in [3.05, 3.63) is 0 Å². The SMILES string of the molecule is CC(N)C1CCN(C2CCN(C)C(C)C2)C1. The van der Waals surface area contributed by atoms with Crippen LogP contribution < -0.4 is 5.73 Å². The zero-order valence-corrected chi connectivity index (χ0v) is 11.0. The predicted molar refractivity (Wildman–Crippen MR) is 68.4 cm³/mol. The third-order valence-electron chi connectivity index (χ3n) is 4.70. The summed E-state index contributed by atoms with van der Waals surface area (Å²) in [6.07, 6.45) is 3.98. The summed E-state index contributed by atoms with van der Waals surface area (Å²) in [6.45, 7) is 8.27. The van der Waals surface area contributed by atoms with Gasteiger partial charge in [-0.2, -0.15) is 0 Å². The van der Waals surface area contributed by atoms with Crippen molar-refractivity contribution in [2.45, 2.75) is 51.2 Å². The van der Waals surface area contributed by atoms with Crippen molar-refractivity contribution < 1.29 is 0 Å². The predicted octanol–water partition coefficient (Wildman–Crippen LogP) is 1.14. The van der Waals surface area contributed by atoms with Crippen LogP contribution in [0.25, 0.3) is 0 Å². The van der Waals surface area contributed by atoms with Crippen molar-refractivity contribution in [1.29, 1.82) is 0 Å². The van der Waals surface area contributed by atoms with Gasteiger partial charge in [-0.1, -0.05) is 0 Å². The zero-order chi connectivity index (χ0) is 11.7. The van der Waals surface area contributed by atoms with Gasteiger partial charge in [-0.3, -0.25) is 4.90 Å². The lowest BCUT2D eigenvalue weighted by Gasteiger charge is -2.39. The number of nitrogens with two attached hydrogens (primary N) is 1. The van der Waals surface area contributed by atoms with Crippen LogP contribution in [-0.2, 0) is 0 Å². The summed E-state index contributed by atoms with van der Waals surface area (Å²) in [6, 6.07) is 1.93. The van der Waals surface area contributed by atoms with Crippen molar-refractivity contribution in [1.82, 2.24) is 9.80 Å². The molecule has 0 aromatic heterocycles. The summed E-state index contributed by atoms with van der Waals surface area (Å²) in [5, 5.41) is 0. The molecule has 0 saturated carbocycles. The van der Waals surface area contributed by atoms with E-state index in [0.717, 1.165) is 18.0 Å². The Morgan fingerprint density at radius 3 is 2.56 bits per heavy atom. The highest BCUT2D eigenvalue weighted by Crippen LogP contribution is 2.27. The Morgan fingerprint density at radius 1 is 1.25 bits per heavy atom. The lowest BCUT2D eigenvalue weighted by Crippen LogP contribution is -2.47. The van der Waals surface area contributed by atoms with E-state index in [0.29, 0.717) is 6.04 Å². The maximum absolute atomic E-state index is 6.00. The Bertz CT molecular complexity index is 229. The van der Waals surface area contributed by atoms with Gasteiger partial charge < -0.3 is 10.6 Å². The Balaban J connectivity index is 1.85. The maximum Gasteiger partial charge on any atom is 0.0122 e. The van der Waals surface area contributed by atoms with Crippen LogP contribution in [0, 0.1) is 5.92 Å². The molecular formula is C13H27N3. The van der Waals surface area contributed by atoms with Crippen molar-refractivity contribution in [2.24, 2.45) is 11.7 Å². The van der Waals surface area contributed by atoms with Gasteiger partial charge in [-0.25, -0.2) is 0 Å². The molecule has 0 amide bonds. The van der Waals surface area contributed by atoms with E-state index in [1.807, 2.05) is 0 Å². The molecular weight excluding hydrogens is 198 g/mol. The molecule has 3 heteroatoms. The lowest BCUT2D eigenvalue weighted by molar-refractivity contribution is 0.101. The number of hydrogen-bond donors (Lipinski definition) is 1. The smallest absolute Gasteiger partial charge is 0.0122 e. The molecule has 16 heavy (non-hydrogen) atoms. The molecule has 0 spiro atoms. The maximum atomic E-state index is 6.00. The van der Waals surface area contributed by atoms with Gasteiger partial charge in [0.15, 0.2) is 0 Å². The fourth-order valence-electron chi connectivity index (χ4n) is 3.17. The second-order valence-corrected chi connectivity index (χ2v) is 5.91. The number of nitrogens with zero attached hydrogens (tertiary/aromatic N) is 2. The molecule has 0 aromatic carbocycles. The van der Waals surface area contributed by atoms with E-state index in [9.17, 15) is 0 Å². The first kappa shape index (κ1) is 12.3. The van der Waals surface area contributed by atoms with Crippen LogP contribution >= 0.6 is 0 Å². The quantitative estimate of drug-likeness (QED) is 0.765. The third-order valence-corrected chi connectivity index (χ3v) is 4.70. The minimum atomic E-state index is 0.369. The molecule has 4 atom stereocenters. The van der Waals surface area contributed by atoms with E-state index < -0.39 is 0 Å². The van der Waals surface area contributed by atoms with Crippen molar-refractivity contribution in [2.75, 3.05) is 26.7 Å². The fraction of sp³-hybridized carbons (Fsp3) is 1.00. The minimum absolute atomic E-state index is 0.369. The van der Waals surface area contributed by atoms with Gasteiger partial charge in [0.1, 0.15) is 0 Å². The topological polar surface area (TPSA) is 32.5 Å². The van der Waals surface area contributed by atoms with E-state index in [4.69, 9.17) is 5.73 Å². The minimum Gasteiger partial charge on any atom is -0.328 e. The highest BCUT2D eigenvalue weighted by molar-refractivity contribution is 4.89. The van der Waals surface area contributed by atoms with Crippen molar-refractivity contribution in [3.63, 3.8) is 0 Å². The summed E-state index contributed by atoms with van der Waals surface area (Å²) in [7, 11) is 2.25. The molecule has 94 valence electrons. The van der Waals surface area contributed by atoms with Crippen LogP contribution in [0.2, 0.25) is 0 Å². The van der Waals surface area contributed by atoms with E-state index >= 15 is 0 Å². The van der Waals surface area contributed by atoms with Gasteiger partial charge in [-0.05, 0) is 59.2 Å². The van der Waals surface area contributed by atoms with Gasteiger partial charge in [0, 0.05) is 24.7 Å². The van der Waals surface area contributed by atoms with Crippen LogP contribution in [0.15, 0.2) is 0 Å². The summed E-state index contributed by atoms with van der Waals surface area (Å²) in [5.41, 5.74) is 6.00. The van der Waals surface area contributed by atoms with E-state index in [-0.39, 0.29) is 0 Å². The molecule has 0 radical (unpaired) electrons. The Labute approximate surface area is 100.0 Å². The Morgan fingerprint density at radius 2 is 2.00 bits per heavy atom.